The van der Waals surface area contributed by atoms with Crippen LogP contribution in [0.15, 0.2) is 36.4 Å². The maximum atomic E-state index is 11.3. The topological polar surface area (TPSA) is 84.6 Å². The number of nitrogen functional groups attached to an aromatic ring is 1. The lowest BCUT2D eigenvalue weighted by atomic mass is 10.2. The van der Waals surface area contributed by atoms with Gasteiger partial charge in [0, 0.05) is 4.88 Å². The number of hydrogen-bond acceptors (Lipinski definition) is 5. The van der Waals surface area contributed by atoms with E-state index in [1.807, 2.05) is 6.07 Å². The van der Waals surface area contributed by atoms with Gasteiger partial charge < -0.3 is 9.84 Å². The first-order chi connectivity index (χ1) is 9.22. The summed E-state index contributed by atoms with van der Waals surface area (Å²) in [5, 5.41) is 8.93. The third-order valence-corrected chi connectivity index (χ3v) is 3.56. The third kappa shape index (κ3) is 3.54. The van der Waals surface area contributed by atoms with Crippen molar-refractivity contribution >= 4 is 17.2 Å². The van der Waals surface area contributed by atoms with Crippen LogP contribution in [0.2, 0.25) is 0 Å². The molecule has 0 saturated carbocycles. The standard InChI is InChI=1S/C13H14N2O3S/c14-15-13(17)12-6-5-11(19-12)8-18-10-3-1-9(7-16)2-4-10/h1-6,16H,7-8,14H2,(H,15,17). The van der Waals surface area contributed by atoms with Crippen LogP contribution in [0.3, 0.4) is 0 Å². The number of ether oxygens (including phenoxy) is 1. The van der Waals surface area contributed by atoms with Crippen LogP contribution in [-0.4, -0.2) is 11.0 Å². The molecule has 0 atom stereocenters. The Morgan fingerprint density at radius 1 is 1.26 bits per heavy atom. The van der Waals surface area contributed by atoms with E-state index >= 15 is 0 Å². The highest BCUT2D eigenvalue weighted by Crippen LogP contribution is 2.19. The number of carbonyl (C=O) groups is 1. The normalized spacial score (nSPS) is 10.2. The highest BCUT2D eigenvalue weighted by atomic mass is 32.1. The average molecular weight is 278 g/mol. The Morgan fingerprint density at radius 2 is 2.00 bits per heavy atom. The molecule has 1 heterocycles. The van der Waals surface area contributed by atoms with E-state index in [9.17, 15) is 4.79 Å². The van der Waals surface area contributed by atoms with Gasteiger partial charge in [-0.25, -0.2) is 5.84 Å². The number of aliphatic hydroxyl groups is 1. The smallest absolute Gasteiger partial charge is 0.275 e. The summed E-state index contributed by atoms with van der Waals surface area (Å²) in [6, 6.07) is 10.7. The predicted molar refractivity (Wildman–Crippen MR) is 72.7 cm³/mol. The maximum Gasteiger partial charge on any atom is 0.275 e. The summed E-state index contributed by atoms with van der Waals surface area (Å²) in [4.78, 5) is 12.8. The molecule has 0 spiro atoms. The first kappa shape index (κ1) is 13.5. The summed E-state index contributed by atoms with van der Waals surface area (Å²) in [7, 11) is 0. The van der Waals surface area contributed by atoms with E-state index in [-0.39, 0.29) is 12.5 Å². The Balaban J connectivity index is 1.94. The summed E-state index contributed by atoms with van der Waals surface area (Å²) >= 11 is 1.34. The van der Waals surface area contributed by atoms with Gasteiger partial charge in [-0.1, -0.05) is 12.1 Å². The molecule has 0 radical (unpaired) electrons. The molecule has 0 aliphatic carbocycles. The fraction of sp³-hybridized carbons (Fsp3) is 0.154. The van der Waals surface area contributed by atoms with Crippen LogP contribution in [0.1, 0.15) is 20.1 Å². The van der Waals surface area contributed by atoms with E-state index in [4.69, 9.17) is 15.7 Å². The van der Waals surface area contributed by atoms with Gasteiger partial charge in [-0.2, -0.15) is 0 Å². The molecule has 4 N–H and O–H groups in total. The number of thiophene rings is 1. The minimum absolute atomic E-state index is 0.0166. The Kier molecular flexibility index (Phi) is 4.51. The summed E-state index contributed by atoms with van der Waals surface area (Å²) in [5.74, 6) is 5.48. The van der Waals surface area contributed by atoms with E-state index in [1.54, 1.807) is 30.3 Å². The average Bonchev–Trinajstić information content (AvgIpc) is 2.93. The number of benzene rings is 1. The first-order valence-corrected chi connectivity index (χ1v) is 6.47. The van der Waals surface area contributed by atoms with E-state index in [2.05, 4.69) is 5.43 Å². The Labute approximate surface area is 114 Å². The van der Waals surface area contributed by atoms with E-state index in [1.165, 1.54) is 11.3 Å². The molecule has 0 aliphatic heterocycles. The highest BCUT2D eigenvalue weighted by Gasteiger charge is 2.07. The van der Waals surface area contributed by atoms with Gasteiger partial charge in [-0.05, 0) is 29.8 Å². The maximum absolute atomic E-state index is 11.3. The number of rotatable bonds is 5. The zero-order valence-electron chi connectivity index (χ0n) is 10.1. The molecular formula is C13H14N2O3S. The molecule has 5 nitrogen and oxygen atoms in total. The molecule has 0 unspecified atom stereocenters. The number of amides is 1. The van der Waals surface area contributed by atoms with Gasteiger partial charge in [-0.15, -0.1) is 11.3 Å². The van der Waals surface area contributed by atoms with Crippen LogP contribution >= 0.6 is 11.3 Å². The predicted octanol–water partition coefficient (Wildman–Crippen LogP) is 1.42. The largest absolute Gasteiger partial charge is 0.488 e. The monoisotopic (exact) mass is 278 g/mol. The van der Waals surface area contributed by atoms with Crippen molar-refractivity contribution in [3.63, 3.8) is 0 Å². The van der Waals surface area contributed by atoms with Gasteiger partial charge in [0.2, 0.25) is 0 Å². The highest BCUT2D eigenvalue weighted by molar-refractivity contribution is 7.14. The molecule has 100 valence electrons. The van der Waals surface area contributed by atoms with Crippen LogP contribution in [0.25, 0.3) is 0 Å². The molecule has 0 saturated heterocycles. The molecule has 0 fully saturated rings. The van der Waals surface area contributed by atoms with E-state index in [0.29, 0.717) is 11.5 Å². The minimum atomic E-state index is -0.302. The molecular weight excluding hydrogens is 264 g/mol. The van der Waals surface area contributed by atoms with Crippen molar-refractivity contribution in [3.05, 3.63) is 51.7 Å². The Morgan fingerprint density at radius 3 is 2.63 bits per heavy atom. The quantitative estimate of drug-likeness (QED) is 0.439. The molecule has 6 heteroatoms. The molecule has 1 aromatic heterocycles. The molecule has 0 aliphatic rings. The lowest BCUT2D eigenvalue weighted by Gasteiger charge is -2.05. The van der Waals surface area contributed by atoms with Crippen molar-refractivity contribution in [1.29, 1.82) is 0 Å². The minimum Gasteiger partial charge on any atom is -0.488 e. The number of nitrogens with one attached hydrogen (secondary N) is 1. The van der Waals surface area contributed by atoms with Crippen LogP contribution < -0.4 is 16.0 Å². The molecule has 19 heavy (non-hydrogen) atoms. The van der Waals surface area contributed by atoms with Gasteiger partial charge in [0.1, 0.15) is 12.4 Å². The molecule has 2 aromatic rings. The SMILES string of the molecule is NNC(=O)c1ccc(COc2ccc(CO)cc2)s1. The molecule has 1 aromatic carbocycles. The van der Waals surface area contributed by atoms with E-state index in [0.717, 1.165) is 16.2 Å². The summed E-state index contributed by atoms with van der Waals surface area (Å²) in [5.41, 5.74) is 2.93. The van der Waals surface area contributed by atoms with Crippen molar-refractivity contribution in [2.24, 2.45) is 5.84 Å². The van der Waals surface area contributed by atoms with Crippen molar-refractivity contribution < 1.29 is 14.6 Å². The fourth-order valence-electron chi connectivity index (χ4n) is 1.49. The van der Waals surface area contributed by atoms with Crippen LogP contribution in [0, 0.1) is 0 Å². The second-order valence-corrected chi connectivity index (χ2v) is 5.00. The van der Waals surface area contributed by atoms with Crippen molar-refractivity contribution in [3.8, 4) is 5.75 Å². The second-order valence-electron chi connectivity index (χ2n) is 3.83. The second kappa shape index (κ2) is 6.33. The first-order valence-electron chi connectivity index (χ1n) is 5.65. The summed E-state index contributed by atoms with van der Waals surface area (Å²) < 4.78 is 5.58. The number of carbonyl (C=O) groups excluding carboxylic acids is 1. The van der Waals surface area contributed by atoms with Gasteiger partial charge in [0.05, 0.1) is 11.5 Å². The van der Waals surface area contributed by atoms with Crippen LogP contribution in [0.4, 0.5) is 0 Å². The lowest BCUT2D eigenvalue weighted by Crippen LogP contribution is -2.29. The molecule has 1 amide bonds. The van der Waals surface area contributed by atoms with Crippen molar-refractivity contribution in [1.82, 2.24) is 5.43 Å². The number of hydrazine groups is 1. The summed E-state index contributed by atoms with van der Waals surface area (Å²) in [6.07, 6.45) is 0. The Hall–Kier alpha value is -1.89. The number of hydrogen-bond donors (Lipinski definition) is 3. The third-order valence-electron chi connectivity index (χ3n) is 2.50. The fourth-order valence-corrected chi connectivity index (χ4v) is 2.32. The van der Waals surface area contributed by atoms with Gasteiger partial charge in [0.15, 0.2) is 0 Å². The molecule has 0 bridgehead atoms. The number of aliphatic hydroxyl groups excluding tert-OH is 1. The van der Waals surface area contributed by atoms with Gasteiger partial charge in [-0.3, -0.25) is 10.2 Å². The molecule has 2 rings (SSSR count). The van der Waals surface area contributed by atoms with Gasteiger partial charge in [0.25, 0.3) is 5.91 Å². The Bertz CT molecular complexity index is 551. The van der Waals surface area contributed by atoms with E-state index < -0.39 is 0 Å². The van der Waals surface area contributed by atoms with Crippen molar-refractivity contribution in [2.45, 2.75) is 13.2 Å². The lowest BCUT2D eigenvalue weighted by molar-refractivity contribution is 0.0957. The zero-order valence-corrected chi connectivity index (χ0v) is 10.9. The summed E-state index contributed by atoms with van der Waals surface area (Å²) in [6.45, 7) is 0.407. The van der Waals surface area contributed by atoms with Gasteiger partial charge >= 0.3 is 0 Å². The number of nitrogens with two attached hydrogens (primary N) is 1. The zero-order chi connectivity index (χ0) is 13.7. The van der Waals surface area contributed by atoms with Crippen LogP contribution in [-0.2, 0) is 13.2 Å². The van der Waals surface area contributed by atoms with Crippen LogP contribution in [0.5, 0.6) is 5.75 Å². The van der Waals surface area contributed by atoms with Crippen molar-refractivity contribution in [2.75, 3.05) is 0 Å².